The van der Waals surface area contributed by atoms with Gasteiger partial charge in [-0.05, 0) is 18.6 Å². The van der Waals surface area contributed by atoms with E-state index in [0.717, 1.165) is 17.8 Å². The van der Waals surface area contributed by atoms with E-state index in [4.69, 9.17) is 5.26 Å². The first-order valence-corrected chi connectivity index (χ1v) is 5.56. The second-order valence-corrected chi connectivity index (χ2v) is 3.97. The summed E-state index contributed by atoms with van der Waals surface area (Å²) in [5.74, 6) is -0.0190. The van der Waals surface area contributed by atoms with E-state index < -0.39 is 0 Å². The maximum Gasteiger partial charge on any atom is 0.216 e. The number of amides is 1. The average molecular weight is 234 g/mol. The molecule has 1 heterocycles. The molecule has 17 heavy (non-hydrogen) atoms. The van der Waals surface area contributed by atoms with Gasteiger partial charge < -0.3 is 15.2 Å². The summed E-state index contributed by atoms with van der Waals surface area (Å²) in [6.45, 7) is 5.54. The van der Waals surface area contributed by atoms with Gasteiger partial charge in [-0.15, -0.1) is 0 Å². The van der Waals surface area contributed by atoms with Gasteiger partial charge in [0.1, 0.15) is 11.8 Å². The van der Waals surface area contributed by atoms with E-state index >= 15 is 0 Å². The summed E-state index contributed by atoms with van der Waals surface area (Å²) in [5.41, 5.74) is 2.88. The topological polar surface area (TPSA) is 69.8 Å². The Labute approximate surface area is 101 Å². The zero-order valence-electron chi connectivity index (χ0n) is 10.5. The van der Waals surface area contributed by atoms with Crippen LogP contribution in [0.1, 0.15) is 23.9 Å². The Bertz CT molecular complexity index is 442. The molecule has 0 saturated carbocycles. The first kappa shape index (κ1) is 13.3. The van der Waals surface area contributed by atoms with Crippen molar-refractivity contribution in [2.24, 2.45) is 7.05 Å². The molecule has 0 atom stereocenters. The van der Waals surface area contributed by atoms with Gasteiger partial charge in [0.25, 0.3) is 0 Å². The third-order valence-electron chi connectivity index (χ3n) is 2.75. The molecule has 0 spiro atoms. The molecule has 0 aliphatic carbocycles. The van der Waals surface area contributed by atoms with Gasteiger partial charge in [0.05, 0.1) is 0 Å². The fourth-order valence-corrected chi connectivity index (χ4v) is 1.60. The first-order valence-electron chi connectivity index (χ1n) is 5.56. The highest BCUT2D eigenvalue weighted by Gasteiger charge is 2.07. The molecule has 0 saturated heterocycles. The highest BCUT2D eigenvalue weighted by Crippen LogP contribution is 2.12. The second-order valence-electron chi connectivity index (χ2n) is 3.97. The highest BCUT2D eigenvalue weighted by atomic mass is 16.1. The van der Waals surface area contributed by atoms with Crippen LogP contribution in [0.3, 0.4) is 0 Å². The summed E-state index contributed by atoms with van der Waals surface area (Å²) in [6.07, 6.45) is 0. The number of hydrogen-bond donors (Lipinski definition) is 2. The lowest BCUT2D eigenvalue weighted by Gasteiger charge is -2.05. The number of carbonyl (C=O) groups excluding carboxylic acids is 1. The number of nitriles is 1. The molecule has 1 amide bonds. The van der Waals surface area contributed by atoms with Crippen molar-refractivity contribution in [1.29, 1.82) is 5.26 Å². The summed E-state index contributed by atoms with van der Waals surface area (Å²) in [4.78, 5) is 10.6. The van der Waals surface area contributed by atoms with E-state index in [1.807, 2.05) is 24.6 Å². The minimum absolute atomic E-state index is 0.0190. The molecule has 0 aliphatic heterocycles. The zero-order chi connectivity index (χ0) is 12.8. The van der Waals surface area contributed by atoms with Gasteiger partial charge in [-0.3, -0.25) is 4.79 Å². The Hall–Kier alpha value is -1.80. The van der Waals surface area contributed by atoms with Crippen LogP contribution in [-0.4, -0.2) is 23.6 Å². The molecule has 0 aliphatic rings. The smallest absolute Gasteiger partial charge is 0.216 e. The summed E-state index contributed by atoms with van der Waals surface area (Å²) in [6, 6.07) is 4.04. The molecule has 0 fully saturated rings. The maximum atomic E-state index is 10.6. The normalized spacial score (nSPS) is 10.0. The summed E-state index contributed by atoms with van der Waals surface area (Å²) in [7, 11) is 1.88. The van der Waals surface area contributed by atoms with Gasteiger partial charge in [0, 0.05) is 39.3 Å². The minimum atomic E-state index is -0.0190. The standard InChI is InChI=1S/C12H18N4O/c1-9-11(6-12(7-13)16(9)3)8-14-4-5-15-10(2)17/h6,14H,4-5,8H2,1-3H3,(H,15,17). The van der Waals surface area contributed by atoms with Gasteiger partial charge >= 0.3 is 0 Å². The van der Waals surface area contributed by atoms with E-state index in [1.165, 1.54) is 6.92 Å². The number of nitrogens with zero attached hydrogens (tertiary/aromatic N) is 2. The predicted molar refractivity (Wildman–Crippen MR) is 65.3 cm³/mol. The molecule has 2 N–H and O–H groups in total. The molecule has 0 unspecified atom stereocenters. The van der Waals surface area contributed by atoms with E-state index in [9.17, 15) is 4.79 Å². The Morgan fingerprint density at radius 3 is 2.76 bits per heavy atom. The molecule has 92 valence electrons. The molecule has 0 radical (unpaired) electrons. The Morgan fingerprint density at radius 1 is 1.53 bits per heavy atom. The number of nitrogens with one attached hydrogen (secondary N) is 2. The summed E-state index contributed by atoms with van der Waals surface area (Å²) < 4.78 is 1.88. The molecule has 1 rings (SSSR count). The third kappa shape index (κ3) is 3.61. The van der Waals surface area contributed by atoms with Crippen LogP contribution in [-0.2, 0) is 18.4 Å². The van der Waals surface area contributed by atoms with Crippen LogP contribution in [0.5, 0.6) is 0 Å². The van der Waals surface area contributed by atoms with Crippen molar-refractivity contribution in [3.63, 3.8) is 0 Å². The van der Waals surface area contributed by atoms with Crippen molar-refractivity contribution < 1.29 is 4.79 Å². The van der Waals surface area contributed by atoms with Gasteiger partial charge in [-0.1, -0.05) is 0 Å². The fraction of sp³-hybridized carbons (Fsp3) is 0.500. The monoisotopic (exact) mass is 234 g/mol. The van der Waals surface area contributed by atoms with Crippen LogP contribution in [0.15, 0.2) is 6.07 Å². The largest absolute Gasteiger partial charge is 0.355 e. The second kappa shape index (κ2) is 6.06. The Balaban J connectivity index is 2.42. The quantitative estimate of drug-likeness (QED) is 0.726. The number of rotatable bonds is 5. The number of carbonyl (C=O) groups is 1. The van der Waals surface area contributed by atoms with E-state index in [2.05, 4.69) is 16.7 Å². The lowest BCUT2D eigenvalue weighted by atomic mass is 10.2. The molecular weight excluding hydrogens is 216 g/mol. The summed E-state index contributed by atoms with van der Waals surface area (Å²) in [5, 5.41) is 14.8. The molecular formula is C12H18N4O. The minimum Gasteiger partial charge on any atom is -0.355 e. The van der Waals surface area contributed by atoms with Crippen molar-refractivity contribution >= 4 is 5.91 Å². The van der Waals surface area contributed by atoms with Crippen molar-refractivity contribution in [1.82, 2.24) is 15.2 Å². The van der Waals surface area contributed by atoms with Gasteiger partial charge in [0.2, 0.25) is 5.91 Å². The molecule has 5 nitrogen and oxygen atoms in total. The van der Waals surface area contributed by atoms with Crippen LogP contribution < -0.4 is 10.6 Å². The van der Waals surface area contributed by atoms with E-state index in [0.29, 0.717) is 18.8 Å². The lowest BCUT2D eigenvalue weighted by molar-refractivity contribution is -0.118. The van der Waals surface area contributed by atoms with Crippen LogP contribution >= 0.6 is 0 Å². The molecule has 1 aromatic rings. The summed E-state index contributed by atoms with van der Waals surface area (Å²) >= 11 is 0. The highest BCUT2D eigenvalue weighted by molar-refractivity contribution is 5.72. The Kier molecular flexibility index (Phi) is 4.73. The molecule has 1 aromatic heterocycles. The van der Waals surface area contributed by atoms with Gasteiger partial charge in [-0.2, -0.15) is 5.26 Å². The molecule has 0 aromatic carbocycles. The fourth-order valence-electron chi connectivity index (χ4n) is 1.60. The lowest BCUT2D eigenvalue weighted by Crippen LogP contribution is -2.29. The van der Waals surface area contributed by atoms with Gasteiger partial charge in [-0.25, -0.2) is 0 Å². The van der Waals surface area contributed by atoms with E-state index in [1.54, 1.807) is 0 Å². The SMILES string of the molecule is CC(=O)NCCNCc1cc(C#N)n(C)c1C. The molecule has 0 bridgehead atoms. The van der Waals surface area contributed by atoms with Crippen molar-refractivity contribution in [2.45, 2.75) is 20.4 Å². The van der Waals surface area contributed by atoms with Crippen molar-refractivity contribution in [2.75, 3.05) is 13.1 Å². The van der Waals surface area contributed by atoms with Crippen LogP contribution in [0.4, 0.5) is 0 Å². The van der Waals surface area contributed by atoms with Crippen molar-refractivity contribution in [3.8, 4) is 6.07 Å². The predicted octanol–water partition coefficient (Wildman–Crippen LogP) is 0.431. The zero-order valence-corrected chi connectivity index (χ0v) is 10.5. The number of hydrogen-bond acceptors (Lipinski definition) is 3. The Morgan fingerprint density at radius 2 is 2.24 bits per heavy atom. The van der Waals surface area contributed by atoms with Gasteiger partial charge in [0.15, 0.2) is 0 Å². The average Bonchev–Trinajstić information content (AvgIpc) is 2.56. The van der Waals surface area contributed by atoms with Crippen LogP contribution in [0.25, 0.3) is 0 Å². The van der Waals surface area contributed by atoms with E-state index in [-0.39, 0.29) is 5.91 Å². The molecule has 5 heteroatoms. The first-order chi connectivity index (χ1) is 8.06. The van der Waals surface area contributed by atoms with Crippen molar-refractivity contribution in [3.05, 3.63) is 23.0 Å². The van der Waals surface area contributed by atoms with Crippen LogP contribution in [0.2, 0.25) is 0 Å². The van der Waals surface area contributed by atoms with Crippen LogP contribution in [0, 0.1) is 18.3 Å². The third-order valence-corrected chi connectivity index (χ3v) is 2.75. The number of aromatic nitrogens is 1. The maximum absolute atomic E-state index is 10.6.